The van der Waals surface area contributed by atoms with Gasteiger partial charge in [0.15, 0.2) is 0 Å². The number of hydrogen-bond acceptors (Lipinski definition) is 6. The number of rotatable bonds is 9. The molecule has 4 aromatic rings. The van der Waals surface area contributed by atoms with Crippen LogP contribution < -0.4 is 9.64 Å². The average molecular weight is 462 g/mol. The number of aromatic nitrogens is 3. The summed E-state index contributed by atoms with van der Waals surface area (Å²) in [6.45, 7) is 0. The number of benzene rings is 2. The van der Waals surface area contributed by atoms with E-state index in [0.717, 1.165) is 27.7 Å². The van der Waals surface area contributed by atoms with Crippen LogP contribution in [0.25, 0.3) is 10.9 Å². The molecule has 4 rings (SSSR count). The minimum absolute atomic E-state index is 0.0603. The molecule has 0 aliphatic heterocycles. The van der Waals surface area contributed by atoms with E-state index in [-0.39, 0.29) is 17.9 Å². The molecule has 8 heteroatoms. The Bertz CT molecular complexity index is 1280. The van der Waals surface area contributed by atoms with Gasteiger partial charge in [-0.1, -0.05) is 18.2 Å². The first-order chi connectivity index (χ1) is 16.4. The Morgan fingerprint density at radius 2 is 1.74 bits per heavy atom. The first-order valence-corrected chi connectivity index (χ1v) is 10.8. The number of fused-ring (bicyclic) bond motifs is 1. The fraction of sp³-hybridized carbons (Fsp3) is 0.231. The maximum absolute atomic E-state index is 12.6. The Hall–Kier alpha value is -3.94. The third kappa shape index (κ3) is 5.70. The van der Waals surface area contributed by atoms with Crippen molar-refractivity contribution in [3.63, 3.8) is 0 Å². The van der Waals surface area contributed by atoms with Crippen LogP contribution in [-0.4, -0.2) is 34.8 Å². The molecule has 2 heterocycles. The van der Waals surface area contributed by atoms with Crippen LogP contribution >= 0.6 is 0 Å². The van der Waals surface area contributed by atoms with Crippen LogP contribution in [0.3, 0.4) is 0 Å². The number of ether oxygens (including phenoxy) is 1. The van der Waals surface area contributed by atoms with E-state index in [1.54, 1.807) is 18.2 Å². The molecule has 34 heavy (non-hydrogen) atoms. The predicted molar refractivity (Wildman–Crippen MR) is 127 cm³/mol. The Balaban J connectivity index is 1.35. The number of hydrogen-bond donors (Lipinski definition) is 0. The summed E-state index contributed by atoms with van der Waals surface area (Å²) >= 11 is 0. The van der Waals surface area contributed by atoms with Gasteiger partial charge in [-0.25, -0.2) is 18.7 Å². The third-order valence-electron chi connectivity index (χ3n) is 5.40. The number of anilines is 1. The highest BCUT2D eigenvalue weighted by Gasteiger charge is 2.11. The lowest BCUT2D eigenvalue weighted by Crippen LogP contribution is -2.08. The molecular formula is C26H24F2N4O2. The maximum atomic E-state index is 12.6. The summed E-state index contributed by atoms with van der Waals surface area (Å²) in [6.07, 6.45) is 1.35. The third-order valence-corrected chi connectivity index (χ3v) is 5.40. The second-order valence-corrected chi connectivity index (χ2v) is 8.13. The van der Waals surface area contributed by atoms with Crippen LogP contribution in [0.2, 0.25) is 0 Å². The number of carbonyl (C=O) groups excluding carboxylic acids is 1. The van der Waals surface area contributed by atoms with Crippen molar-refractivity contribution in [3.05, 3.63) is 83.9 Å². The predicted octanol–water partition coefficient (Wildman–Crippen LogP) is 5.57. The second kappa shape index (κ2) is 10.3. The van der Waals surface area contributed by atoms with Crippen molar-refractivity contribution in [2.75, 3.05) is 19.0 Å². The van der Waals surface area contributed by atoms with E-state index in [1.807, 2.05) is 49.3 Å². The van der Waals surface area contributed by atoms with Crippen molar-refractivity contribution >= 4 is 22.4 Å². The van der Waals surface area contributed by atoms with E-state index < -0.39 is 6.43 Å². The maximum Gasteiger partial charge on any atom is 0.280 e. The average Bonchev–Trinajstić information content (AvgIpc) is 2.84. The lowest BCUT2D eigenvalue weighted by atomic mass is 10.0. The van der Waals surface area contributed by atoms with Gasteiger partial charge >= 0.3 is 0 Å². The quantitative estimate of drug-likeness (QED) is 0.324. The molecule has 0 aliphatic carbocycles. The first kappa shape index (κ1) is 23.2. The number of carbonyl (C=O) groups is 1. The van der Waals surface area contributed by atoms with E-state index in [0.29, 0.717) is 24.5 Å². The van der Waals surface area contributed by atoms with Gasteiger partial charge in [0, 0.05) is 38.8 Å². The van der Waals surface area contributed by atoms with Gasteiger partial charge < -0.3 is 9.64 Å². The summed E-state index contributed by atoms with van der Waals surface area (Å²) in [7, 11) is 3.94. The normalized spacial score (nSPS) is 11.1. The molecule has 0 amide bonds. The Morgan fingerprint density at radius 1 is 0.971 bits per heavy atom. The zero-order chi connectivity index (χ0) is 24.1. The lowest BCUT2D eigenvalue weighted by Gasteiger charge is -2.13. The molecule has 0 unspecified atom stereocenters. The van der Waals surface area contributed by atoms with Gasteiger partial charge in [0.2, 0.25) is 5.88 Å². The summed E-state index contributed by atoms with van der Waals surface area (Å²) in [5, 5.41) is 0.809. The van der Waals surface area contributed by atoms with Crippen molar-refractivity contribution in [2.45, 2.75) is 25.7 Å². The molecular weight excluding hydrogens is 438 g/mol. The Morgan fingerprint density at radius 3 is 2.41 bits per heavy atom. The van der Waals surface area contributed by atoms with E-state index in [4.69, 9.17) is 4.74 Å². The van der Waals surface area contributed by atoms with Gasteiger partial charge in [0.25, 0.3) is 6.43 Å². The molecule has 174 valence electrons. The number of ketones is 1. The summed E-state index contributed by atoms with van der Waals surface area (Å²) < 4.78 is 31.1. The van der Waals surface area contributed by atoms with Crippen molar-refractivity contribution in [3.8, 4) is 11.6 Å². The number of aryl methyl sites for hydroxylation is 1. The van der Waals surface area contributed by atoms with Crippen LogP contribution in [0.1, 0.15) is 29.7 Å². The summed E-state index contributed by atoms with van der Waals surface area (Å²) in [5.41, 5.74) is 3.19. The molecule has 0 N–H and O–H groups in total. The fourth-order valence-electron chi connectivity index (χ4n) is 3.48. The monoisotopic (exact) mass is 462 g/mol. The van der Waals surface area contributed by atoms with E-state index >= 15 is 0 Å². The number of nitrogens with zero attached hydrogens (tertiary/aromatic N) is 4. The summed E-state index contributed by atoms with van der Waals surface area (Å²) in [4.78, 5) is 26.7. The molecule has 2 aromatic heterocycles. The number of alkyl halides is 2. The highest BCUT2D eigenvalue weighted by atomic mass is 19.3. The molecule has 0 atom stereocenters. The van der Waals surface area contributed by atoms with Crippen LogP contribution in [0.15, 0.2) is 67.1 Å². The van der Waals surface area contributed by atoms with Gasteiger partial charge in [0.1, 0.15) is 23.6 Å². The van der Waals surface area contributed by atoms with E-state index in [9.17, 15) is 13.6 Å². The zero-order valence-electron chi connectivity index (χ0n) is 18.9. The summed E-state index contributed by atoms with van der Waals surface area (Å²) in [6, 6.07) is 16.1. The minimum atomic E-state index is -2.59. The van der Waals surface area contributed by atoms with Gasteiger partial charge in [-0.2, -0.15) is 0 Å². The molecule has 0 saturated carbocycles. The molecule has 0 radical (unpaired) electrons. The standard InChI is InChI=1S/C26H24F2N4O2/c1-32(2)19-7-11-22-24(14-19)30-16-31-26(22)34-21-9-4-17(5-10-21)13-20(33)8-3-18-6-12-23(25(27)28)29-15-18/h4-7,9-12,14-16,25H,3,8,13H2,1-2H3. The Kier molecular flexibility index (Phi) is 7.06. The number of halogens is 2. The smallest absolute Gasteiger partial charge is 0.280 e. The van der Waals surface area contributed by atoms with Crippen LogP contribution in [0.4, 0.5) is 14.5 Å². The molecule has 0 spiro atoms. The molecule has 6 nitrogen and oxygen atoms in total. The van der Waals surface area contributed by atoms with Crippen molar-refractivity contribution < 1.29 is 18.3 Å². The number of pyridine rings is 1. The fourth-order valence-corrected chi connectivity index (χ4v) is 3.48. The highest BCUT2D eigenvalue weighted by Crippen LogP contribution is 2.29. The zero-order valence-corrected chi connectivity index (χ0v) is 18.9. The molecule has 2 aromatic carbocycles. The molecule has 0 aliphatic rings. The van der Waals surface area contributed by atoms with Gasteiger partial charge in [-0.15, -0.1) is 0 Å². The Labute approximate surface area is 196 Å². The number of Topliss-reactive ketones (excluding diaryl/α,β-unsaturated/α-hetero) is 1. The largest absolute Gasteiger partial charge is 0.438 e. The molecule has 0 fully saturated rings. The van der Waals surface area contributed by atoms with Crippen LogP contribution in [-0.2, 0) is 17.6 Å². The lowest BCUT2D eigenvalue weighted by molar-refractivity contribution is -0.118. The van der Waals surface area contributed by atoms with Gasteiger partial charge in [-0.05, 0) is 53.9 Å². The van der Waals surface area contributed by atoms with E-state index in [2.05, 4.69) is 15.0 Å². The van der Waals surface area contributed by atoms with Crippen molar-refractivity contribution in [1.29, 1.82) is 0 Å². The highest BCUT2D eigenvalue weighted by molar-refractivity contribution is 5.86. The first-order valence-electron chi connectivity index (χ1n) is 10.8. The topological polar surface area (TPSA) is 68.2 Å². The summed E-state index contributed by atoms with van der Waals surface area (Å²) in [5.74, 6) is 1.13. The van der Waals surface area contributed by atoms with Crippen LogP contribution in [0, 0.1) is 0 Å². The molecule has 0 saturated heterocycles. The SMILES string of the molecule is CN(C)c1ccc2c(Oc3ccc(CC(=O)CCc4ccc(C(F)F)nc4)cc3)ncnc2c1. The second-order valence-electron chi connectivity index (χ2n) is 8.13. The molecule has 0 bridgehead atoms. The minimum Gasteiger partial charge on any atom is -0.438 e. The van der Waals surface area contributed by atoms with Crippen molar-refractivity contribution in [1.82, 2.24) is 15.0 Å². The van der Waals surface area contributed by atoms with Gasteiger partial charge in [-0.3, -0.25) is 9.78 Å². The van der Waals surface area contributed by atoms with Gasteiger partial charge in [0.05, 0.1) is 10.9 Å². The van der Waals surface area contributed by atoms with Crippen LogP contribution in [0.5, 0.6) is 11.6 Å². The van der Waals surface area contributed by atoms with Crippen molar-refractivity contribution in [2.24, 2.45) is 0 Å². The van der Waals surface area contributed by atoms with E-state index in [1.165, 1.54) is 18.6 Å².